The summed E-state index contributed by atoms with van der Waals surface area (Å²) in [4.78, 5) is 23.1. The number of carbonyl (C=O) groups is 2. The zero-order valence-electron chi connectivity index (χ0n) is 12.9. The van der Waals surface area contributed by atoms with Gasteiger partial charge in [0.15, 0.2) is 0 Å². The van der Waals surface area contributed by atoms with Crippen LogP contribution < -0.4 is 16.4 Å². The van der Waals surface area contributed by atoms with Crippen molar-refractivity contribution in [1.29, 1.82) is 0 Å². The topological polar surface area (TPSA) is 84.2 Å². The van der Waals surface area contributed by atoms with Crippen molar-refractivity contribution in [2.45, 2.75) is 40.2 Å². The van der Waals surface area contributed by atoms with Crippen LogP contribution >= 0.6 is 12.4 Å². The monoisotopic (exact) mass is 313 g/mol. The van der Waals surface area contributed by atoms with Crippen LogP contribution in [-0.2, 0) is 9.59 Å². The molecule has 0 fully saturated rings. The fraction of sp³-hybridized carbons (Fsp3) is 0.467. The van der Waals surface area contributed by atoms with Gasteiger partial charge in [0.2, 0.25) is 11.8 Å². The molecule has 0 spiro atoms. The number of anilines is 2. The molecule has 2 amide bonds. The van der Waals surface area contributed by atoms with Crippen molar-refractivity contribution in [2.24, 2.45) is 11.7 Å². The number of hydrogen-bond acceptors (Lipinski definition) is 3. The van der Waals surface area contributed by atoms with E-state index in [1.165, 1.54) is 6.92 Å². The highest BCUT2D eigenvalue weighted by molar-refractivity contribution is 5.96. The summed E-state index contributed by atoms with van der Waals surface area (Å²) in [5.74, 6) is 0.00646. The van der Waals surface area contributed by atoms with Crippen LogP contribution in [0.25, 0.3) is 0 Å². The van der Waals surface area contributed by atoms with Crippen molar-refractivity contribution in [3.8, 4) is 0 Å². The van der Waals surface area contributed by atoms with Gasteiger partial charge in [-0.05, 0) is 37.0 Å². The van der Waals surface area contributed by atoms with Crippen LogP contribution in [0.3, 0.4) is 0 Å². The van der Waals surface area contributed by atoms with Gasteiger partial charge >= 0.3 is 0 Å². The maximum absolute atomic E-state index is 12.0. The summed E-state index contributed by atoms with van der Waals surface area (Å²) in [6, 6.07) is 4.84. The van der Waals surface area contributed by atoms with Crippen LogP contribution in [0.4, 0.5) is 11.4 Å². The Kier molecular flexibility index (Phi) is 7.99. The quantitative estimate of drug-likeness (QED) is 0.781. The van der Waals surface area contributed by atoms with Gasteiger partial charge < -0.3 is 16.4 Å². The molecule has 1 atom stereocenters. The highest BCUT2D eigenvalue weighted by Gasteiger charge is 2.16. The van der Waals surface area contributed by atoms with Gasteiger partial charge in [0.25, 0.3) is 0 Å². The third kappa shape index (κ3) is 6.60. The number of halogens is 1. The van der Waals surface area contributed by atoms with Gasteiger partial charge in [-0.2, -0.15) is 0 Å². The van der Waals surface area contributed by atoms with Gasteiger partial charge in [-0.25, -0.2) is 0 Å². The summed E-state index contributed by atoms with van der Waals surface area (Å²) in [6.07, 6.45) is 0.635. The molecule has 118 valence electrons. The Balaban J connectivity index is 0.00000400. The summed E-state index contributed by atoms with van der Waals surface area (Å²) in [5.41, 5.74) is 8.09. The van der Waals surface area contributed by atoms with Crippen molar-refractivity contribution in [1.82, 2.24) is 0 Å². The Labute approximate surface area is 132 Å². The summed E-state index contributed by atoms with van der Waals surface area (Å²) in [5, 5.41) is 5.50. The first kappa shape index (κ1) is 19.4. The van der Waals surface area contributed by atoms with Gasteiger partial charge in [0.1, 0.15) is 0 Å². The lowest BCUT2D eigenvalue weighted by molar-refractivity contribution is -0.117. The molecule has 1 aromatic rings. The normalized spacial score (nSPS) is 11.5. The van der Waals surface area contributed by atoms with E-state index in [2.05, 4.69) is 10.6 Å². The zero-order chi connectivity index (χ0) is 15.3. The molecule has 0 radical (unpaired) electrons. The minimum Gasteiger partial charge on any atom is -0.326 e. The summed E-state index contributed by atoms with van der Waals surface area (Å²) in [7, 11) is 0. The maximum atomic E-state index is 12.0. The number of nitrogens with one attached hydrogen (secondary N) is 2. The fourth-order valence-corrected chi connectivity index (χ4v) is 1.88. The molecule has 1 rings (SSSR count). The van der Waals surface area contributed by atoms with Crippen molar-refractivity contribution in [3.63, 3.8) is 0 Å². The van der Waals surface area contributed by atoms with Crippen LogP contribution in [0.1, 0.15) is 32.8 Å². The molecule has 0 heterocycles. The molecule has 0 aliphatic heterocycles. The average molecular weight is 314 g/mol. The Morgan fingerprint density at radius 2 is 1.86 bits per heavy atom. The summed E-state index contributed by atoms with van der Waals surface area (Å²) < 4.78 is 0. The predicted octanol–water partition coefficient (Wildman–Crippen LogP) is 2.69. The van der Waals surface area contributed by atoms with Crippen molar-refractivity contribution in [2.75, 3.05) is 10.6 Å². The number of nitrogens with two attached hydrogens (primary N) is 1. The number of benzene rings is 1. The molecule has 0 aromatic heterocycles. The van der Waals surface area contributed by atoms with E-state index in [1.807, 2.05) is 26.8 Å². The average Bonchev–Trinajstić information content (AvgIpc) is 2.31. The van der Waals surface area contributed by atoms with Gasteiger partial charge in [0.05, 0.1) is 6.04 Å². The molecule has 0 saturated heterocycles. The van der Waals surface area contributed by atoms with Crippen molar-refractivity contribution >= 4 is 35.6 Å². The molecular weight excluding hydrogens is 290 g/mol. The fourth-order valence-electron chi connectivity index (χ4n) is 1.88. The largest absolute Gasteiger partial charge is 0.326 e. The van der Waals surface area contributed by atoms with E-state index in [0.717, 1.165) is 5.56 Å². The van der Waals surface area contributed by atoms with E-state index >= 15 is 0 Å². The zero-order valence-corrected chi connectivity index (χ0v) is 13.7. The first-order chi connectivity index (χ1) is 9.29. The van der Waals surface area contributed by atoms with Gasteiger partial charge in [0, 0.05) is 18.3 Å². The Morgan fingerprint density at radius 1 is 1.24 bits per heavy atom. The van der Waals surface area contributed by atoms with E-state index in [9.17, 15) is 9.59 Å². The molecule has 0 aliphatic rings. The van der Waals surface area contributed by atoms with Crippen LogP contribution in [0.2, 0.25) is 0 Å². The van der Waals surface area contributed by atoms with Crippen molar-refractivity contribution < 1.29 is 9.59 Å². The third-order valence-corrected chi connectivity index (χ3v) is 2.88. The lowest BCUT2D eigenvalue weighted by Crippen LogP contribution is -2.36. The van der Waals surface area contributed by atoms with E-state index in [1.54, 1.807) is 12.1 Å². The number of amides is 2. The van der Waals surface area contributed by atoms with Crippen molar-refractivity contribution in [3.05, 3.63) is 23.8 Å². The Morgan fingerprint density at radius 3 is 2.38 bits per heavy atom. The summed E-state index contributed by atoms with van der Waals surface area (Å²) >= 11 is 0. The second-order valence-corrected chi connectivity index (χ2v) is 5.44. The van der Waals surface area contributed by atoms with Crippen LogP contribution in [0, 0.1) is 12.8 Å². The van der Waals surface area contributed by atoms with E-state index in [-0.39, 0.29) is 24.2 Å². The second kappa shape index (κ2) is 8.64. The molecule has 0 unspecified atom stereocenters. The predicted molar refractivity (Wildman–Crippen MR) is 88.8 cm³/mol. The Hall–Kier alpha value is -1.59. The highest BCUT2D eigenvalue weighted by atomic mass is 35.5. The third-order valence-electron chi connectivity index (χ3n) is 2.88. The lowest BCUT2D eigenvalue weighted by atomic mass is 10.0. The second-order valence-electron chi connectivity index (χ2n) is 5.44. The van der Waals surface area contributed by atoms with Gasteiger partial charge in [-0.1, -0.05) is 19.9 Å². The van der Waals surface area contributed by atoms with Crippen LogP contribution in [0.5, 0.6) is 0 Å². The molecule has 0 aliphatic carbocycles. The molecular formula is C15H24ClN3O2. The molecule has 21 heavy (non-hydrogen) atoms. The molecule has 5 nitrogen and oxygen atoms in total. The number of aryl methyl sites for hydroxylation is 1. The SMILES string of the molecule is CC(=O)Nc1ccc(C)c(NC(=O)[C@@H](N)CC(C)C)c1.Cl. The Bertz CT molecular complexity index is 504. The standard InChI is InChI=1S/C15H23N3O2.ClH/c1-9(2)7-13(16)15(20)18-14-8-12(17-11(4)19)6-5-10(14)3;/h5-6,8-9,13H,7,16H2,1-4H3,(H,17,19)(H,18,20);1H/t13-;/m0./s1. The minimum atomic E-state index is -0.529. The minimum absolute atomic E-state index is 0. The maximum Gasteiger partial charge on any atom is 0.241 e. The summed E-state index contributed by atoms with van der Waals surface area (Å²) in [6.45, 7) is 7.38. The van der Waals surface area contributed by atoms with E-state index in [4.69, 9.17) is 5.73 Å². The van der Waals surface area contributed by atoms with E-state index < -0.39 is 6.04 Å². The molecule has 6 heteroatoms. The molecule has 0 saturated carbocycles. The van der Waals surface area contributed by atoms with Crippen LogP contribution in [-0.4, -0.2) is 17.9 Å². The molecule has 0 bridgehead atoms. The first-order valence-corrected chi connectivity index (χ1v) is 6.74. The van der Waals surface area contributed by atoms with Gasteiger partial charge in [-0.15, -0.1) is 12.4 Å². The van der Waals surface area contributed by atoms with Crippen LogP contribution in [0.15, 0.2) is 18.2 Å². The highest BCUT2D eigenvalue weighted by Crippen LogP contribution is 2.20. The number of rotatable bonds is 5. The number of carbonyl (C=O) groups excluding carboxylic acids is 2. The van der Waals surface area contributed by atoms with Gasteiger partial charge in [-0.3, -0.25) is 9.59 Å². The van der Waals surface area contributed by atoms with E-state index in [0.29, 0.717) is 23.7 Å². The molecule has 4 N–H and O–H groups in total. The first-order valence-electron chi connectivity index (χ1n) is 6.74. The molecule has 1 aromatic carbocycles. The lowest BCUT2D eigenvalue weighted by Gasteiger charge is -2.16. The number of hydrogen-bond donors (Lipinski definition) is 3. The smallest absolute Gasteiger partial charge is 0.241 e.